The van der Waals surface area contributed by atoms with Gasteiger partial charge in [-0.2, -0.15) is 0 Å². The normalized spacial score (nSPS) is 16.4. The van der Waals surface area contributed by atoms with Gasteiger partial charge in [-0.1, -0.05) is 18.2 Å². The fourth-order valence-corrected chi connectivity index (χ4v) is 2.36. The van der Waals surface area contributed by atoms with Crippen LogP contribution in [0, 0.1) is 0 Å². The molecule has 0 saturated heterocycles. The van der Waals surface area contributed by atoms with Crippen molar-refractivity contribution in [1.82, 2.24) is 4.98 Å². The summed E-state index contributed by atoms with van der Waals surface area (Å²) in [6.07, 6.45) is 3.23. The van der Waals surface area contributed by atoms with E-state index in [-0.39, 0.29) is 5.91 Å². The number of nitrogens with two attached hydrogens (primary N) is 1. The monoisotopic (exact) mass is 269 g/mol. The van der Waals surface area contributed by atoms with Gasteiger partial charge in [0.15, 0.2) is 6.10 Å². The molecular formula is C15H15N3O2. The number of aromatic nitrogens is 1. The van der Waals surface area contributed by atoms with E-state index in [4.69, 9.17) is 10.5 Å². The van der Waals surface area contributed by atoms with Crippen molar-refractivity contribution in [2.75, 3.05) is 17.7 Å². The van der Waals surface area contributed by atoms with Crippen molar-refractivity contribution in [3.05, 3.63) is 48.3 Å². The van der Waals surface area contributed by atoms with Crippen molar-refractivity contribution < 1.29 is 9.53 Å². The van der Waals surface area contributed by atoms with Gasteiger partial charge in [0, 0.05) is 19.7 Å². The van der Waals surface area contributed by atoms with E-state index in [9.17, 15) is 4.79 Å². The lowest BCUT2D eigenvalue weighted by Gasteiger charge is -2.21. The molecule has 1 aliphatic rings. The summed E-state index contributed by atoms with van der Waals surface area (Å²) in [5.74, 6) is 0.668. The van der Waals surface area contributed by atoms with Crippen LogP contribution in [0.25, 0.3) is 0 Å². The van der Waals surface area contributed by atoms with Gasteiger partial charge in [0.1, 0.15) is 5.75 Å². The van der Waals surface area contributed by atoms with Gasteiger partial charge in [-0.25, -0.2) is 0 Å². The predicted molar refractivity (Wildman–Crippen MR) is 76.6 cm³/mol. The fourth-order valence-electron chi connectivity index (χ4n) is 2.36. The Balaban J connectivity index is 1.80. The van der Waals surface area contributed by atoms with Gasteiger partial charge >= 0.3 is 0 Å². The van der Waals surface area contributed by atoms with Crippen LogP contribution in [0.3, 0.4) is 0 Å². The average molecular weight is 269 g/mol. The smallest absolute Gasteiger partial charge is 0.268 e. The molecule has 2 heterocycles. The number of hydrogen-bond acceptors (Lipinski definition) is 4. The number of nitrogens with zero attached hydrogens (tertiary/aromatic N) is 2. The number of carbonyl (C=O) groups excluding carboxylic acids is 1. The van der Waals surface area contributed by atoms with Crippen LogP contribution >= 0.6 is 0 Å². The van der Waals surface area contributed by atoms with Crippen LogP contribution in [-0.2, 0) is 11.2 Å². The maximum atomic E-state index is 12.5. The maximum Gasteiger partial charge on any atom is 0.268 e. The Morgan fingerprint density at radius 1 is 1.40 bits per heavy atom. The third kappa shape index (κ3) is 2.07. The molecule has 20 heavy (non-hydrogen) atoms. The Hall–Kier alpha value is -2.56. The summed E-state index contributed by atoms with van der Waals surface area (Å²) in [5, 5.41) is 0. The van der Waals surface area contributed by atoms with Crippen LogP contribution in [0.15, 0.2) is 42.7 Å². The average Bonchev–Trinajstić information content (AvgIpc) is 2.90. The zero-order chi connectivity index (χ0) is 14.1. The first-order valence-corrected chi connectivity index (χ1v) is 6.38. The van der Waals surface area contributed by atoms with E-state index in [0.717, 1.165) is 11.3 Å². The first kappa shape index (κ1) is 12.5. The molecular weight excluding hydrogens is 254 g/mol. The van der Waals surface area contributed by atoms with Crippen molar-refractivity contribution in [1.29, 1.82) is 0 Å². The Morgan fingerprint density at radius 2 is 2.20 bits per heavy atom. The Kier molecular flexibility index (Phi) is 3.02. The molecule has 2 N–H and O–H groups in total. The predicted octanol–water partition coefficient (Wildman–Crippen LogP) is 1.63. The zero-order valence-corrected chi connectivity index (χ0v) is 11.1. The number of nitrogen functional groups attached to an aromatic ring is 1. The standard InChI is InChI=1S/C15H15N3O2/c1-18(12-6-7-17-9-11(12)16)15(19)14-8-10-4-2-3-5-13(10)20-14/h2-7,9,14H,8,16H2,1H3. The van der Waals surface area contributed by atoms with Crippen LogP contribution in [-0.4, -0.2) is 24.0 Å². The molecule has 2 aromatic rings. The Bertz CT molecular complexity index is 632. The van der Waals surface area contributed by atoms with Crippen molar-refractivity contribution in [3.63, 3.8) is 0 Å². The van der Waals surface area contributed by atoms with E-state index in [2.05, 4.69) is 4.98 Å². The SMILES string of the molecule is CN(C(=O)C1Cc2ccccc2O1)c1ccncc1N. The molecule has 0 spiro atoms. The molecule has 0 bridgehead atoms. The Labute approximate surface area is 117 Å². The second-order valence-electron chi connectivity index (χ2n) is 4.75. The quantitative estimate of drug-likeness (QED) is 0.899. The molecule has 0 fully saturated rings. The van der Waals surface area contributed by atoms with E-state index in [1.54, 1.807) is 19.3 Å². The molecule has 1 amide bonds. The van der Waals surface area contributed by atoms with Crippen molar-refractivity contribution >= 4 is 17.3 Å². The molecule has 5 heteroatoms. The summed E-state index contributed by atoms with van der Waals surface area (Å²) in [6, 6.07) is 9.41. The summed E-state index contributed by atoms with van der Waals surface area (Å²) in [7, 11) is 1.69. The van der Waals surface area contributed by atoms with Crippen LogP contribution in [0.2, 0.25) is 0 Å². The van der Waals surface area contributed by atoms with Gasteiger partial charge < -0.3 is 15.4 Å². The number of para-hydroxylation sites is 1. The lowest BCUT2D eigenvalue weighted by Crippen LogP contribution is -2.39. The maximum absolute atomic E-state index is 12.5. The third-order valence-corrected chi connectivity index (χ3v) is 3.44. The molecule has 5 nitrogen and oxygen atoms in total. The van der Waals surface area contributed by atoms with Crippen molar-refractivity contribution in [2.45, 2.75) is 12.5 Å². The summed E-state index contributed by atoms with van der Waals surface area (Å²) in [4.78, 5) is 17.9. The molecule has 1 aliphatic heterocycles. The van der Waals surface area contributed by atoms with Crippen LogP contribution in [0.4, 0.5) is 11.4 Å². The van der Waals surface area contributed by atoms with E-state index >= 15 is 0 Å². The molecule has 1 atom stereocenters. The van der Waals surface area contributed by atoms with Gasteiger partial charge in [-0.05, 0) is 17.7 Å². The zero-order valence-electron chi connectivity index (χ0n) is 11.1. The van der Waals surface area contributed by atoms with Crippen LogP contribution in [0.5, 0.6) is 5.75 Å². The van der Waals surface area contributed by atoms with Crippen LogP contribution in [0.1, 0.15) is 5.56 Å². The number of benzene rings is 1. The number of ether oxygens (including phenoxy) is 1. The van der Waals surface area contributed by atoms with Gasteiger partial charge in [-0.15, -0.1) is 0 Å². The number of hydrogen-bond donors (Lipinski definition) is 1. The Morgan fingerprint density at radius 3 is 2.95 bits per heavy atom. The lowest BCUT2D eigenvalue weighted by molar-refractivity contribution is -0.124. The highest BCUT2D eigenvalue weighted by molar-refractivity contribution is 5.99. The molecule has 3 rings (SSSR count). The topological polar surface area (TPSA) is 68.5 Å². The van der Waals surface area contributed by atoms with Crippen LogP contribution < -0.4 is 15.4 Å². The summed E-state index contributed by atoms with van der Waals surface area (Å²) < 4.78 is 5.70. The highest BCUT2D eigenvalue weighted by Crippen LogP contribution is 2.30. The fraction of sp³-hybridized carbons (Fsp3) is 0.200. The summed E-state index contributed by atoms with van der Waals surface area (Å²) in [5.41, 5.74) is 8.02. The number of anilines is 2. The number of pyridine rings is 1. The number of likely N-dealkylation sites (N-methyl/N-ethyl adjacent to an activating group) is 1. The van der Waals surface area contributed by atoms with E-state index < -0.39 is 6.10 Å². The minimum absolute atomic E-state index is 0.112. The number of fused-ring (bicyclic) bond motifs is 1. The highest BCUT2D eigenvalue weighted by Gasteiger charge is 2.31. The van der Waals surface area contributed by atoms with E-state index in [1.807, 2.05) is 24.3 Å². The number of carbonyl (C=O) groups is 1. The van der Waals surface area contributed by atoms with Gasteiger partial charge in [0.2, 0.25) is 0 Å². The lowest BCUT2D eigenvalue weighted by atomic mass is 10.1. The summed E-state index contributed by atoms with van der Waals surface area (Å²) in [6.45, 7) is 0. The van der Waals surface area contributed by atoms with E-state index in [1.165, 1.54) is 11.1 Å². The highest BCUT2D eigenvalue weighted by atomic mass is 16.5. The first-order chi connectivity index (χ1) is 9.66. The third-order valence-electron chi connectivity index (χ3n) is 3.44. The molecule has 0 saturated carbocycles. The minimum Gasteiger partial charge on any atom is -0.480 e. The number of amides is 1. The molecule has 1 aromatic carbocycles. The van der Waals surface area contributed by atoms with Gasteiger partial charge in [-0.3, -0.25) is 9.78 Å². The summed E-state index contributed by atoms with van der Waals surface area (Å²) >= 11 is 0. The van der Waals surface area contributed by atoms with Crippen molar-refractivity contribution in [3.8, 4) is 5.75 Å². The molecule has 0 radical (unpaired) electrons. The largest absolute Gasteiger partial charge is 0.480 e. The first-order valence-electron chi connectivity index (χ1n) is 6.38. The second kappa shape index (κ2) is 4.85. The van der Waals surface area contributed by atoms with Gasteiger partial charge in [0.05, 0.1) is 17.6 Å². The van der Waals surface area contributed by atoms with E-state index in [0.29, 0.717) is 17.8 Å². The molecule has 102 valence electrons. The second-order valence-corrected chi connectivity index (χ2v) is 4.75. The molecule has 0 aliphatic carbocycles. The molecule has 1 aromatic heterocycles. The van der Waals surface area contributed by atoms with Crippen molar-refractivity contribution in [2.24, 2.45) is 0 Å². The van der Waals surface area contributed by atoms with Gasteiger partial charge in [0.25, 0.3) is 5.91 Å². The minimum atomic E-state index is -0.495. The molecule has 1 unspecified atom stereocenters. The number of rotatable bonds is 2.